The van der Waals surface area contributed by atoms with Crippen LogP contribution in [0.2, 0.25) is 0 Å². The van der Waals surface area contributed by atoms with E-state index in [-0.39, 0.29) is 12.5 Å². The summed E-state index contributed by atoms with van der Waals surface area (Å²) in [6.07, 6.45) is 2.63. The molecular formula is C18H20INO5S2. The Morgan fingerprint density at radius 1 is 1.37 bits per heavy atom. The lowest BCUT2D eigenvalue weighted by atomic mass is 10.2. The zero-order chi connectivity index (χ0) is 20.0. The highest BCUT2D eigenvalue weighted by molar-refractivity contribution is 14.1. The van der Waals surface area contributed by atoms with Crippen molar-refractivity contribution in [3.8, 4) is 11.5 Å². The molecule has 0 aliphatic carbocycles. The van der Waals surface area contributed by atoms with Crippen LogP contribution in [0.3, 0.4) is 0 Å². The van der Waals surface area contributed by atoms with Crippen LogP contribution < -0.4 is 9.47 Å². The van der Waals surface area contributed by atoms with E-state index < -0.39 is 5.97 Å². The number of carbonyl (C=O) groups excluding carboxylic acids is 2. The Morgan fingerprint density at radius 2 is 2.11 bits per heavy atom. The number of hydrogen-bond donors (Lipinski definition) is 0. The van der Waals surface area contributed by atoms with E-state index in [0.717, 1.165) is 15.6 Å². The third-order valence-electron chi connectivity index (χ3n) is 3.51. The summed E-state index contributed by atoms with van der Waals surface area (Å²) in [5, 5.41) is 0. The number of nitrogens with zero attached hydrogens (tertiary/aromatic N) is 1. The quantitative estimate of drug-likeness (QED) is 0.223. The molecule has 6 nitrogen and oxygen atoms in total. The Labute approximate surface area is 181 Å². The van der Waals surface area contributed by atoms with E-state index >= 15 is 0 Å². The summed E-state index contributed by atoms with van der Waals surface area (Å²) in [6.45, 7) is 4.45. The molecule has 1 aliphatic rings. The smallest absolute Gasteiger partial charge is 0.344 e. The molecule has 1 amide bonds. The van der Waals surface area contributed by atoms with Gasteiger partial charge in [-0.05, 0) is 59.7 Å². The monoisotopic (exact) mass is 521 g/mol. The summed E-state index contributed by atoms with van der Waals surface area (Å²) in [5.41, 5.74) is 0.789. The molecular weight excluding hydrogens is 501 g/mol. The first-order valence-corrected chi connectivity index (χ1v) is 10.6. The fourth-order valence-corrected chi connectivity index (χ4v) is 4.45. The Bertz CT molecular complexity index is 781. The lowest BCUT2D eigenvalue weighted by Crippen LogP contribution is -2.28. The Morgan fingerprint density at radius 3 is 2.74 bits per heavy atom. The van der Waals surface area contributed by atoms with E-state index in [1.807, 2.05) is 13.0 Å². The van der Waals surface area contributed by atoms with Gasteiger partial charge in [0.15, 0.2) is 18.1 Å². The lowest BCUT2D eigenvalue weighted by molar-refractivity contribution is -0.145. The van der Waals surface area contributed by atoms with Gasteiger partial charge in [-0.15, -0.1) is 0 Å². The number of carbonyl (C=O) groups is 2. The first-order chi connectivity index (χ1) is 12.9. The molecule has 1 aromatic carbocycles. The molecule has 0 N–H and O–H groups in total. The van der Waals surface area contributed by atoms with Crippen molar-refractivity contribution in [2.75, 3.05) is 26.9 Å². The first-order valence-electron chi connectivity index (χ1n) is 8.32. The molecule has 146 valence electrons. The summed E-state index contributed by atoms with van der Waals surface area (Å²) in [4.78, 5) is 26.2. The fraction of sp³-hybridized carbons (Fsp3) is 0.389. The average Bonchev–Trinajstić information content (AvgIpc) is 2.88. The molecule has 1 aromatic rings. The molecule has 0 bridgehead atoms. The highest BCUT2D eigenvalue weighted by atomic mass is 127. The van der Waals surface area contributed by atoms with E-state index in [1.165, 1.54) is 18.9 Å². The van der Waals surface area contributed by atoms with E-state index in [9.17, 15) is 9.59 Å². The van der Waals surface area contributed by atoms with Crippen molar-refractivity contribution in [2.45, 2.75) is 20.3 Å². The van der Waals surface area contributed by atoms with Gasteiger partial charge in [0.25, 0.3) is 5.91 Å². The van der Waals surface area contributed by atoms with Crippen LogP contribution in [0.4, 0.5) is 0 Å². The molecule has 1 saturated heterocycles. The molecule has 0 radical (unpaired) electrons. The second-order valence-corrected chi connectivity index (χ2v) is 8.30. The minimum atomic E-state index is -0.445. The van der Waals surface area contributed by atoms with Gasteiger partial charge >= 0.3 is 5.97 Å². The van der Waals surface area contributed by atoms with Crippen LogP contribution in [0.15, 0.2) is 17.0 Å². The maximum absolute atomic E-state index is 12.5. The van der Waals surface area contributed by atoms with Crippen molar-refractivity contribution in [1.29, 1.82) is 0 Å². The standard InChI is InChI=1S/C18H20INO5S2/c1-4-6-20-17(22)14(27-18(20)26)9-11-7-12(19)16(13(8-11)23-3)25-10-15(21)24-5-2/h7-9H,4-6,10H2,1-3H3/b14-9-. The van der Waals surface area contributed by atoms with Crippen molar-refractivity contribution < 1.29 is 23.8 Å². The van der Waals surface area contributed by atoms with Gasteiger partial charge in [0.1, 0.15) is 4.32 Å². The zero-order valence-electron chi connectivity index (χ0n) is 15.2. The van der Waals surface area contributed by atoms with Crippen LogP contribution in [-0.4, -0.2) is 48.0 Å². The minimum absolute atomic E-state index is 0.0801. The molecule has 0 saturated carbocycles. The summed E-state index contributed by atoms with van der Waals surface area (Å²) in [5.74, 6) is 0.408. The van der Waals surface area contributed by atoms with Gasteiger partial charge in [0, 0.05) is 6.54 Å². The maximum Gasteiger partial charge on any atom is 0.344 e. The SMILES string of the molecule is CCCN1C(=O)/C(=C/c2cc(I)c(OCC(=O)OCC)c(OC)c2)SC1=S. The number of halogens is 1. The Hall–Kier alpha value is -1.33. The van der Waals surface area contributed by atoms with Crippen LogP contribution in [0.5, 0.6) is 11.5 Å². The number of methoxy groups -OCH3 is 1. The molecule has 0 atom stereocenters. The van der Waals surface area contributed by atoms with Gasteiger partial charge < -0.3 is 14.2 Å². The topological polar surface area (TPSA) is 65.1 Å². The summed E-state index contributed by atoms with van der Waals surface area (Å²) < 4.78 is 17.1. The number of hydrogen-bond acceptors (Lipinski definition) is 7. The summed E-state index contributed by atoms with van der Waals surface area (Å²) in [7, 11) is 1.52. The zero-order valence-corrected chi connectivity index (χ0v) is 19.0. The number of ether oxygens (including phenoxy) is 3. The second kappa shape index (κ2) is 10.3. The van der Waals surface area contributed by atoms with Gasteiger partial charge in [-0.25, -0.2) is 4.79 Å². The number of amides is 1. The van der Waals surface area contributed by atoms with E-state index in [1.54, 1.807) is 24.0 Å². The van der Waals surface area contributed by atoms with Crippen LogP contribution in [0, 0.1) is 3.57 Å². The minimum Gasteiger partial charge on any atom is -0.493 e. The molecule has 1 fully saturated rings. The molecule has 2 rings (SSSR count). The first kappa shape index (κ1) is 22.0. The third-order valence-corrected chi connectivity index (χ3v) is 5.69. The maximum atomic E-state index is 12.5. The van der Waals surface area contributed by atoms with E-state index in [0.29, 0.717) is 33.9 Å². The van der Waals surface area contributed by atoms with Gasteiger partial charge in [-0.3, -0.25) is 9.69 Å². The molecule has 0 unspecified atom stereocenters. The highest BCUT2D eigenvalue weighted by Gasteiger charge is 2.31. The molecule has 9 heteroatoms. The van der Waals surface area contributed by atoms with Crippen LogP contribution in [-0.2, 0) is 14.3 Å². The predicted octanol–water partition coefficient (Wildman–Crippen LogP) is 3.85. The lowest BCUT2D eigenvalue weighted by Gasteiger charge is -2.13. The molecule has 0 aromatic heterocycles. The Kier molecular flexibility index (Phi) is 8.36. The number of benzene rings is 1. The number of esters is 1. The van der Waals surface area contributed by atoms with Crippen molar-refractivity contribution in [3.05, 3.63) is 26.2 Å². The third kappa shape index (κ3) is 5.58. The Balaban J connectivity index is 2.24. The number of rotatable bonds is 8. The van der Waals surface area contributed by atoms with Gasteiger partial charge in [-0.2, -0.15) is 0 Å². The van der Waals surface area contributed by atoms with Crippen molar-refractivity contribution in [3.63, 3.8) is 0 Å². The van der Waals surface area contributed by atoms with Crippen LogP contribution in [0.1, 0.15) is 25.8 Å². The average molecular weight is 521 g/mol. The number of thioether (sulfide) groups is 1. The van der Waals surface area contributed by atoms with Crippen molar-refractivity contribution in [1.82, 2.24) is 4.90 Å². The predicted molar refractivity (Wildman–Crippen MR) is 118 cm³/mol. The summed E-state index contributed by atoms with van der Waals surface area (Å²) >= 11 is 8.68. The van der Waals surface area contributed by atoms with Crippen molar-refractivity contribution in [2.24, 2.45) is 0 Å². The van der Waals surface area contributed by atoms with Gasteiger partial charge in [0.2, 0.25) is 0 Å². The van der Waals surface area contributed by atoms with Crippen molar-refractivity contribution >= 4 is 68.8 Å². The second-order valence-electron chi connectivity index (χ2n) is 5.46. The molecule has 27 heavy (non-hydrogen) atoms. The highest BCUT2D eigenvalue weighted by Crippen LogP contribution is 2.37. The summed E-state index contributed by atoms with van der Waals surface area (Å²) in [6, 6.07) is 3.62. The molecule has 1 aliphatic heterocycles. The molecule has 1 heterocycles. The van der Waals surface area contributed by atoms with Crippen LogP contribution in [0.25, 0.3) is 6.08 Å². The number of thiocarbonyl (C=S) groups is 1. The van der Waals surface area contributed by atoms with E-state index in [4.69, 9.17) is 26.4 Å². The van der Waals surface area contributed by atoms with Gasteiger partial charge in [-0.1, -0.05) is 30.9 Å². The van der Waals surface area contributed by atoms with Gasteiger partial charge in [0.05, 0.1) is 22.2 Å². The van der Waals surface area contributed by atoms with Crippen LogP contribution >= 0.6 is 46.6 Å². The molecule has 0 spiro atoms. The largest absolute Gasteiger partial charge is 0.493 e. The fourth-order valence-electron chi connectivity index (χ4n) is 2.36. The normalized spacial score (nSPS) is 15.4. The van der Waals surface area contributed by atoms with E-state index in [2.05, 4.69) is 22.6 Å².